The lowest BCUT2D eigenvalue weighted by Crippen LogP contribution is -2.57. The monoisotopic (exact) mass is 654 g/mol. The second kappa shape index (κ2) is 14.7. The Hall–Kier alpha value is -2.19. The van der Waals surface area contributed by atoms with Crippen LogP contribution in [-0.4, -0.2) is 116 Å². The van der Waals surface area contributed by atoms with Gasteiger partial charge in [0.1, 0.15) is 6.04 Å². The highest BCUT2D eigenvalue weighted by atomic mass is 35.5. The van der Waals surface area contributed by atoms with Gasteiger partial charge in [-0.1, -0.05) is 30.9 Å². The van der Waals surface area contributed by atoms with Crippen molar-refractivity contribution in [2.45, 2.75) is 75.9 Å². The standard InChI is InChI=1S/C29H43ClN6O5S2/c30-26-11-10-24(42-26)12-19-43(40,41)32-25-9-5-13-35(28(25)38)21-27(37)36-14-4-8-23(36)20-33-15-17-34(18-16-33)29(39)31-22-6-2-1-3-7-22/h10-12,19,22-23,25,32H,1-9,13-18,20-21H2,(H,31,39)/b19-12+/t23-,25-/m0/s1. The summed E-state index contributed by atoms with van der Waals surface area (Å²) in [5, 5.41) is 4.25. The summed E-state index contributed by atoms with van der Waals surface area (Å²) in [6, 6.07) is 2.92. The molecule has 4 heterocycles. The van der Waals surface area contributed by atoms with Gasteiger partial charge in [0, 0.05) is 68.2 Å². The molecule has 0 unspecified atom stereocenters. The van der Waals surface area contributed by atoms with Crippen molar-refractivity contribution in [2.75, 3.05) is 52.4 Å². The first kappa shape index (κ1) is 32.2. The Kier molecular flexibility index (Phi) is 11.0. The normalized spacial score (nSPS) is 24.7. The summed E-state index contributed by atoms with van der Waals surface area (Å²) in [5.74, 6) is -0.464. The highest BCUT2D eigenvalue weighted by Crippen LogP contribution is 2.24. The van der Waals surface area contributed by atoms with Crippen molar-refractivity contribution < 1.29 is 22.8 Å². The molecule has 5 rings (SSSR count). The summed E-state index contributed by atoms with van der Waals surface area (Å²) >= 11 is 7.17. The van der Waals surface area contributed by atoms with Gasteiger partial charge >= 0.3 is 6.03 Å². The molecule has 4 amide bonds. The van der Waals surface area contributed by atoms with Crippen molar-refractivity contribution in [1.29, 1.82) is 0 Å². The van der Waals surface area contributed by atoms with E-state index in [1.807, 2.05) is 9.80 Å². The van der Waals surface area contributed by atoms with Gasteiger partial charge in [0.15, 0.2) is 0 Å². The largest absolute Gasteiger partial charge is 0.337 e. The highest BCUT2D eigenvalue weighted by Gasteiger charge is 2.36. The van der Waals surface area contributed by atoms with E-state index in [9.17, 15) is 22.8 Å². The predicted molar refractivity (Wildman–Crippen MR) is 168 cm³/mol. The second-order valence-corrected chi connectivity index (χ2v) is 15.4. The van der Waals surface area contributed by atoms with Crippen molar-refractivity contribution in [2.24, 2.45) is 0 Å². The molecule has 1 saturated carbocycles. The first-order valence-corrected chi connectivity index (χ1v) is 18.2. The number of halogens is 1. The lowest BCUT2D eigenvalue weighted by Gasteiger charge is -2.38. The zero-order valence-corrected chi connectivity index (χ0v) is 27.0. The van der Waals surface area contributed by atoms with Crippen molar-refractivity contribution in [3.63, 3.8) is 0 Å². The van der Waals surface area contributed by atoms with Crippen LogP contribution in [0.2, 0.25) is 4.34 Å². The molecule has 0 aromatic carbocycles. The van der Waals surface area contributed by atoms with Crippen molar-refractivity contribution in [1.82, 2.24) is 29.6 Å². The van der Waals surface area contributed by atoms with E-state index in [-0.39, 0.29) is 30.4 Å². The Morgan fingerprint density at radius 3 is 2.42 bits per heavy atom. The molecule has 4 aliphatic rings. The molecular weight excluding hydrogens is 612 g/mol. The van der Waals surface area contributed by atoms with E-state index in [4.69, 9.17) is 11.6 Å². The van der Waals surface area contributed by atoms with Crippen LogP contribution in [0.5, 0.6) is 0 Å². The minimum atomic E-state index is -3.86. The Morgan fingerprint density at radius 1 is 0.953 bits per heavy atom. The number of sulfonamides is 1. The minimum absolute atomic E-state index is 0.0412. The van der Waals surface area contributed by atoms with Crippen LogP contribution in [0.3, 0.4) is 0 Å². The number of thiophene rings is 1. The van der Waals surface area contributed by atoms with Crippen LogP contribution in [0.15, 0.2) is 17.5 Å². The molecule has 0 spiro atoms. The molecule has 0 radical (unpaired) electrons. The van der Waals surface area contributed by atoms with Gasteiger partial charge in [-0.15, -0.1) is 11.3 Å². The fourth-order valence-corrected chi connectivity index (χ4v) is 8.64. The van der Waals surface area contributed by atoms with Gasteiger partial charge in [0.25, 0.3) is 0 Å². The van der Waals surface area contributed by atoms with E-state index in [1.165, 1.54) is 41.6 Å². The van der Waals surface area contributed by atoms with Gasteiger partial charge in [-0.25, -0.2) is 13.2 Å². The summed E-state index contributed by atoms with van der Waals surface area (Å²) in [6.45, 7) is 4.69. The van der Waals surface area contributed by atoms with E-state index in [0.717, 1.165) is 50.7 Å². The number of rotatable bonds is 9. The average molecular weight is 655 g/mol. The van der Waals surface area contributed by atoms with Crippen LogP contribution in [0.1, 0.15) is 62.7 Å². The summed E-state index contributed by atoms with van der Waals surface area (Å²) in [4.78, 5) is 47.6. The third-order valence-electron chi connectivity index (χ3n) is 8.93. The maximum Gasteiger partial charge on any atom is 0.317 e. The van der Waals surface area contributed by atoms with Crippen LogP contribution in [0, 0.1) is 0 Å². The summed E-state index contributed by atoms with van der Waals surface area (Å²) in [6.07, 6.45) is 10.0. The van der Waals surface area contributed by atoms with Crippen LogP contribution in [0.25, 0.3) is 6.08 Å². The Labute approximate surface area is 263 Å². The fraction of sp³-hybridized carbons (Fsp3) is 0.690. The molecule has 43 heavy (non-hydrogen) atoms. The van der Waals surface area contributed by atoms with Gasteiger partial charge in [-0.05, 0) is 56.7 Å². The Morgan fingerprint density at radius 2 is 1.70 bits per heavy atom. The number of amides is 4. The number of carbonyl (C=O) groups excluding carboxylic acids is 3. The number of carbonyl (C=O) groups is 3. The van der Waals surface area contributed by atoms with Crippen molar-refractivity contribution >= 4 is 56.9 Å². The number of piperidine rings is 1. The van der Waals surface area contributed by atoms with E-state index >= 15 is 0 Å². The van der Waals surface area contributed by atoms with E-state index in [1.54, 1.807) is 12.1 Å². The molecule has 0 bridgehead atoms. The number of nitrogens with one attached hydrogen (secondary N) is 2. The molecule has 11 nitrogen and oxygen atoms in total. The van der Waals surface area contributed by atoms with Gasteiger partial charge in [0.05, 0.1) is 10.9 Å². The van der Waals surface area contributed by atoms with Crippen LogP contribution < -0.4 is 10.0 Å². The summed E-state index contributed by atoms with van der Waals surface area (Å²) in [5.41, 5.74) is 0. The van der Waals surface area contributed by atoms with E-state index in [2.05, 4.69) is 14.9 Å². The third kappa shape index (κ3) is 8.93. The zero-order chi connectivity index (χ0) is 30.4. The number of hydrogen-bond acceptors (Lipinski definition) is 7. The van der Waals surface area contributed by atoms with Gasteiger partial charge < -0.3 is 20.0 Å². The molecule has 3 saturated heterocycles. The Bertz CT molecular complexity index is 1280. The third-order valence-corrected chi connectivity index (χ3v) is 11.2. The average Bonchev–Trinajstić information content (AvgIpc) is 3.63. The lowest BCUT2D eigenvalue weighted by atomic mass is 9.96. The van der Waals surface area contributed by atoms with Crippen LogP contribution in [0.4, 0.5) is 4.79 Å². The Balaban J connectivity index is 1.08. The maximum absolute atomic E-state index is 13.4. The lowest BCUT2D eigenvalue weighted by molar-refractivity contribution is -0.143. The van der Waals surface area contributed by atoms with E-state index in [0.29, 0.717) is 54.3 Å². The maximum atomic E-state index is 13.4. The minimum Gasteiger partial charge on any atom is -0.337 e. The second-order valence-electron chi connectivity index (χ2n) is 12.0. The number of nitrogens with zero attached hydrogens (tertiary/aromatic N) is 4. The molecule has 1 aromatic rings. The SMILES string of the molecule is O=C(NC1CCCCC1)N1CCN(C[C@@H]2CCCN2C(=O)CN2CCC[C@H](NS(=O)(=O)/C=C/c3ccc(Cl)s3)C2=O)CC1. The smallest absolute Gasteiger partial charge is 0.317 e. The number of hydrogen-bond donors (Lipinski definition) is 2. The first-order chi connectivity index (χ1) is 20.7. The molecule has 2 atom stereocenters. The number of likely N-dealkylation sites (tertiary alicyclic amines) is 2. The van der Waals surface area contributed by atoms with Gasteiger partial charge in [-0.3, -0.25) is 14.5 Å². The molecule has 238 valence electrons. The van der Waals surface area contributed by atoms with Crippen molar-refractivity contribution in [3.05, 3.63) is 26.8 Å². The number of urea groups is 1. The number of piperazine rings is 1. The first-order valence-electron chi connectivity index (χ1n) is 15.5. The van der Waals surface area contributed by atoms with Gasteiger partial charge in [0.2, 0.25) is 21.8 Å². The molecule has 14 heteroatoms. The van der Waals surface area contributed by atoms with E-state index < -0.39 is 16.1 Å². The molecular formula is C29H43ClN6O5S2. The molecule has 4 fully saturated rings. The zero-order valence-electron chi connectivity index (χ0n) is 24.6. The van der Waals surface area contributed by atoms with Crippen LogP contribution in [-0.2, 0) is 19.6 Å². The van der Waals surface area contributed by atoms with Gasteiger partial charge in [-0.2, -0.15) is 4.72 Å². The topological polar surface area (TPSA) is 122 Å². The molecule has 1 aromatic heterocycles. The van der Waals surface area contributed by atoms with Crippen LogP contribution >= 0.6 is 22.9 Å². The fourth-order valence-electron chi connectivity index (χ4n) is 6.57. The molecule has 1 aliphatic carbocycles. The summed E-state index contributed by atoms with van der Waals surface area (Å²) in [7, 11) is -3.86. The summed E-state index contributed by atoms with van der Waals surface area (Å²) < 4.78 is 28.3. The quantitative estimate of drug-likeness (QED) is 0.422. The van der Waals surface area contributed by atoms with Crippen molar-refractivity contribution in [3.8, 4) is 0 Å². The predicted octanol–water partition coefficient (Wildman–Crippen LogP) is 2.93. The highest BCUT2D eigenvalue weighted by molar-refractivity contribution is 7.92. The molecule has 3 aliphatic heterocycles. The molecule has 2 N–H and O–H groups in total.